The Hall–Kier alpha value is -1.33. The molecule has 0 aromatic carbocycles. The first-order valence-corrected chi connectivity index (χ1v) is 7.43. The van der Waals surface area contributed by atoms with Crippen molar-refractivity contribution in [3.63, 3.8) is 0 Å². The number of nitrogens with one attached hydrogen (secondary N) is 1. The van der Waals surface area contributed by atoms with Crippen molar-refractivity contribution in [2.45, 2.75) is 30.2 Å². The number of thioether (sulfide) groups is 1. The second kappa shape index (κ2) is 5.35. The lowest BCUT2D eigenvalue weighted by atomic mass is 10.3. The van der Waals surface area contributed by atoms with Crippen LogP contribution in [0.3, 0.4) is 0 Å². The summed E-state index contributed by atoms with van der Waals surface area (Å²) in [7, 11) is 0. The molecule has 0 unspecified atom stereocenters. The third-order valence-electron chi connectivity index (χ3n) is 3.13. The number of hydrogen-bond donors (Lipinski definition) is 1. The molecule has 0 saturated carbocycles. The summed E-state index contributed by atoms with van der Waals surface area (Å²) in [6, 6.07) is 1.76. The van der Waals surface area contributed by atoms with Crippen LogP contribution in [0.1, 0.15) is 23.2 Å². The van der Waals surface area contributed by atoms with Crippen molar-refractivity contribution in [2.75, 3.05) is 0 Å². The predicted molar refractivity (Wildman–Crippen MR) is 75.7 cm³/mol. The zero-order valence-electron chi connectivity index (χ0n) is 10.1. The number of nitrogens with zero attached hydrogens (tertiary/aromatic N) is 2. The number of fused-ring (bicyclic) bond motifs is 1. The maximum atomic E-state index is 11.9. The Kier molecular flexibility index (Phi) is 3.57. The first kappa shape index (κ1) is 12.7. The van der Waals surface area contributed by atoms with Crippen molar-refractivity contribution in [2.24, 2.45) is 0 Å². The molecular formula is C13H12ClN3OS. The van der Waals surface area contributed by atoms with Crippen LogP contribution >= 0.6 is 23.4 Å². The summed E-state index contributed by atoms with van der Waals surface area (Å²) in [4.78, 5) is 23.2. The Morgan fingerprint density at radius 2 is 2.32 bits per heavy atom. The Balaban J connectivity index is 1.80. The van der Waals surface area contributed by atoms with E-state index < -0.39 is 0 Å². The van der Waals surface area contributed by atoms with Crippen LogP contribution in [0.15, 0.2) is 28.4 Å². The molecule has 0 atom stereocenters. The van der Waals surface area contributed by atoms with Gasteiger partial charge >= 0.3 is 0 Å². The fourth-order valence-electron chi connectivity index (χ4n) is 2.15. The normalized spacial score (nSPS) is 13.5. The largest absolute Gasteiger partial charge is 0.301 e. The number of aryl methyl sites for hydroxylation is 1. The van der Waals surface area contributed by atoms with E-state index in [1.54, 1.807) is 18.5 Å². The van der Waals surface area contributed by atoms with Crippen LogP contribution in [0.4, 0.5) is 0 Å². The van der Waals surface area contributed by atoms with Gasteiger partial charge in [0.2, 0.25) is 0 Å². The van der Waals surface area contributed by atoms with E-state index in [4.69, 9.17) is 11.6 Å². The van der Waals surface area contributed by atoms with Crippen LogP contribution in [0.2, 0.25) is 5.02 Å². The third kappa shape index (κ3) is 2.67. The van der Waals surface area contributed by atoms with Crippen molar-refractivity contribution < 1.29 is 0 Å². The van der Waals surface area contributed by atoms with Gasteiger partial charge in [0.25, 0.3) is 5.56 Å². The molecule has 98 valence electrons. The third-order valence-corrected chi connectivity index (χ3v) is 4.42. The van der Waals surface area contributed by atoms with Crippen LogP contribution in [-0.2, 0) is 18.6 Å². The van der Waals surface area contributed by atoms with E-state index in [1.807, 2.05) is 0 Å². The topological polar surface area (TPSA) is 58.6 Å². The number of hydrogen-bond acceptors (Lipinski definition) is 4. The quantitative estimate of drug-likeness (QED) is 0.698. The van der Waals surface area contributed by atoms with Gasteiger partial charge in [0, 0.05) is 28.7 Å². The summed E-state index contributed by atoms with van der Waals surface area (Å²) in [5.41, 5.74) is 2.74. The lowest BCUT2D eigenvalue weighted by Gasteiger charge is -2.04. The molecule has 2 aromatic heterocycles. The van der Waals surface area contributed by atoms with Crippen LogP contribution in [0.5, 0.6) is 0 Å². The monoisotopic (exact) mass is 293 g/mol. The fourth-order valence-corrected chi connectivity index (χ4v) is 3.26. The molecule has 6 heteroatoms. The predicted octanol–water partition coefficient (Wildman–Crippen LogP) is 2.60. The van der Waals surface area contributed by atoms with E-state index in [0.29, 0.717) is 15.9 Å². The maximum absolute atomic E-state index is 11.9. The van der Waals surface area contributed by atoms with Crippen molar-refractivity contribution >= 4 is 23.4 Å². The van der Waals surface area contributed by atoms with Gasteiger partial charge in [-0.3, -0.25) is 9.78 Å². The summed E-state index contributed by atoms with van der Waals surface area (Å²) in [5.74, 6) is 0.647. The summed E-state index contributed by atoms with van der Waals surface area (Å²) in [6.45, 7) is 0. The number of aromatic nitrogens is 3. The average Bonchev–Trinajstić information content (AvgIpc) is 2.87. The van der Waals surface area contributed by atoms with Crippen LogP contribution in [0, 0.1) is 0 Å². The lowest BCUT2D eigenvalue weighted by Crippen LogP contribution is -2.14. The molecule has 4 nitrogen and oxygen atoms in total. The molecule has 0 fully saturated rings. The van der Waals surface area contributed by atoms with Gasteiger partial charge in [0.1, 0.15) is 0 Å². The van der Waals surface area contributed by atoms with Crippen molar-refractivity contribution in [1.29, 1.82) is 0 Å². The molecule has 1 aliphatic carbocycles. The van der Waals surface area contributed by atoms with E-state index in [2.05, 4.69) is 15.0 Å². The molecule has 2 aromatic rings. The van der Waals surface area contributed by atoms with Gasteiger partial charge in [-0.15, -0.1) is 0 Å². The summed E-state index contributed by atoms with van der Waals surface area (Å²) in [5, 5.41) is 1.34. The number of aromatic amines is 1. The van der Waals surface area contributed by atoms with Crippen LogP contribution < -0.4 is 5.56 Å². The molecule has 0 spiro atoms. The average molecular weight is 294 g/mol. The van der Waals surface area contributed by atoms with Crippen molar-refractivity contribution in [3.05, 3.63) is 50.7 Å². The minimum atomic E-state index is 0.00211. The number of rotatable bonds is 3. The second-order valence-electron chi connectivity index (χ2n) is 4.41. The molecule has 3 rings (SSSR count). The molecule has 0 bridgehead atoms. The highest BCUT2D eigenvalue weighted by Gasteiger charge is 2.17. The van der Waals surface area contributed by atoms with E-state index in [-0.39, 0.29) is 5.56 Å². The van der Waals surface area contributed by atoms with Crippen LogP contribution in [0.25, 0.3) is 0 Å². The van der Waals surface area contributed by atoms with Gasteiger partial charge in [0.05, 0.1) is 5.69 Å². The number of H-pyrrole nitrogens is 1. The first-order chi connectivity index (χ1) is 9.24. The standard InChI is InChI=1S/C13H12ClN3OS/c14-10-4-5-15-6-8(10)7-19-13-16-11-3-1-2-9(11)12(18)17-13/h4-6H,1-3,7H2,(H,16,17,18). The SMILES string of the molecule is O=c1[nH]c(SCc2cnccc2Cl)nc2c1CCC2. The van der Waals surface area contributed by atoms with E-state index in [9.17, 15) is 4.79 Å². The Bertz CT molecular complexity index is 671. The maximum Gasteiger partial charge on any atom is 0.254 e. The molecule has 0 saturated heterocycles. The minimum Gasteiger partial charge on any atom is -0.301 e. The Morgan fingerprint density at radius 1 is 1.42 bits per heavy atom. The second-order valence-corrected chi connectivity index (χ2v) is 5.78. The molecule has 1 aliphatic rings. The summed E-state index contributed by atoms with van der Waals surface area (Å²) in [6.07, 6.45) is 6.16. The highest BCUT2D eigenvalue weighted by Crippen LogP contribution is 2.25. The molecule has 19 heavy (non-hydrogen) atoms. The summed E-state index contributed by atoms with van der Waals surface area (Å²) < 4.78 is 0. The van der Waals surface area contributed by atoms with E-state index >= 15 is 0 Å². The lowest BCUT2D eigenvalue weighted by molar-refractivity contribution is 0.869. The van der Waals surface area contributed by atoms with Gasteiger partial charge in [-0.2, -0.15) is 0 Å². The van der Waals surface area contributed by atoms with E-state index in [1.165, 1.54) is 11.8 Å². The van der Waals surface area contributed by atoms with Crippen molar-refractivity contribution in [1.82, 2.24) is 15.0 Å². The first-order valence-electron chi connectivity index (χ1n) is 6.07. The molecule has 0 amide bonds. The van der Waals surface area contributed by atoms with Gasteiger partial charge < -0.3 is 4.98 Å². The Morgan fingerprint density at radius 3 is 3.16 bits per heavy atom. The number of pyridine rings is 1. The van der Waals surface area contributed by atoms with Gasteiger partial charge in [-0.25, -0.2) is 4.98 Å². The molecule has 2 heterocycles. The van der Waals surface area contributed by atoms with Gasteiger partial charge in [0.15, 0.2) is 5.16 Å². The van der Waals surface area contributed by atoms with Crippen molar-refractivity contribution in [3.8, 4) is 0 Å². The van der Waals surface area contributed by atoms with Gasteiger partial charge in [-0.1, -0.05) is 23.4 Å². The Labute approximate surface area is 119 Å². The zero-order valence-corrected chi connectivity index (χ0v) is 11.7. The molecule has 0 aliphatic heterocycles. The smallest absolute Gasteiger partial charge is 0.254 e. The molecule has 1 N–H and O–H groups in total. The minimum absolute atomic E-state index is 0.00211. The highest BCUT2D eigenvalue weighted by atomic mass is 35.5. The molecule has 0 radical (unpaired) electrons. The van der Waals surface area contributed by atoms with E-state index in [0.717, 1.165) is 36.1 Å². The molecular weight excluding hydrogens is 282 g/mol. The van der Waals surface area contributed by atoms with Gasteiger partial charge in [-0.05, 0) is 30.9 Å². The fraction of sp³-hybridized carbons (Fsp3) is 0.308. The zero-order chi connectivity index (χ0) is 13.2. The summed E-state index contributed by atoms with van der Waals surface area (Å²) >= 11 is 7.55. The van der Waals surface area contributed by atoms with Crippen LogP contribution in [-0.4, -0.2) is 15.0 Å². The highest BCUT2D eigenvalue weighted by molar-refractivity contribution is 7.98. The number of halogens is 1.